The number of ether oxygens (including phenoxy) is 3. The van der Waals surface area contributed by atoms with Gasteiger partial charge in [0.15, 0.2) is 11.5 Å². The first-order chi connectivity index (χ1) is 14.4. The molecule has 156 valence electrons. The summed E-state index contributed by atoms with van der Waals surface area (Å²) in [7, 11) is 1.36. The molecule has 30 heavy (non-hydrogen) atoms. The quantitative estimate of drug-likeness (QED) is 0.570. The first-order valence-electron chi connectivity index (χ1n) is 9.24. The number of nitro groups is 1. The summed E-state index contributed by atoms with van der Waals surface area (Å²) in [4.78, 5) is 37.1. The number of benzene rings is 2. The molecule has 2 aromatic carbocycles. The van der Waals surface area contributed by atoms with Crippen molar-refractivity contribution < 1.29 is 28.7 Å². The SMILES string of the molecule is COc1cc([N+](=O)[O-])ccc1NC(=O)C1CC(=O)N(Cc2ccc3c(c2)OCO3)C1. The van der Waals surface area contributed by atoms with Crippen molar-refractivity contribution >= 4 is 23.2 Å². The van der Waals surface area contributed by atoms with E-state index < -0.39 is 10.8 Å². The van der Waals surface area contributed by atoms with E-state index in [9.17, 15) is 19.7 Å². The molecule has 1 saturated heterocycles. The highest BCUT2D eigenvalue weighted by Gasteiger charge is 2.35. The number of nitrogens with one attached hydrogen (secondary N) is 1. The molecule has 0 saturated carbocycles. The van der Waals surface area contributed by atoms with E-state index in [1.165, 1.54) is 25.3 Å². The Bertz CT molecular complexity index is 1020. The summed E-state index contributed by atoms with van der Waals surface area (Å²) in [5.41, 5.74) is 1.05. The molecule has 1 unspecified atom stereocenters. The average molecular weight is 413 g/mol. The van der Waals surface area contributed by atoms with Gasteiger partial charge in [-0.2, -0.15) is 0 Å². The second kappa shape index (κ2) is 7.90. The summed E-state index contributed by atoms with van der Waals surface area (Å²) in [5, 5.41) is 13.6. The van der Waals surface area contributed by atoms with Gasteiger partial charge in [-0.1, -0.05) is 6.07 Å². The largest absolute Gasteiger partial charge is 0.494 e. The van der Waals surface area contributed by atoms with Crippen molar-refractivity contribution in [3.8, 4) is 17.2 Å². The van der Waals surface area contributed by atoms with Crippen LogP contribution in [0.1, 0.15) is 12.0 Å². The van der Waals surface area contributed by atoms with Crippen molar-refractivity contribution in [3.05, 3.63) is 52.1 Å². The number of methoxy groups -OCH3 is 1. The maximum Gasteiger partial charge on any atom is 0.273 e. The third kappa shape index (κ3) is 3.84. The van der Waals surface area contributed by atoms with E-state index in [1.807, 2.05) is 12.1 Å². The standard InChI is InChI=1S/C20H19N3O7/c1-28-17-8-14(23(26)27)3-4-15(17)21-20(25)13-7-19(24)22(10-13)9-12-2-5-16-18(6-12)30-11-29-16/h2-6,8,13H,7,9-11H2,1H3,(H,21,25). The van der Waals surface area contributed by atoms with Crippen LogP contribution in [0.2, 0.25) is 0 Å². The number of carbonyl (C=O) groups is 2. The number of nitrogens with zero attached hydrogens (tertiary/aromatic N) is 2. The van der Waals surface area contributed by atoms with Crippen molar-refractivity contribution in [1.29, 1.82) is 0 Å². The predicted octanol–water partition coefficient (Wildman–Crippen LogP) is 2.32. The number of non-ortho nitro benzene ring substituents is 1. The molecule has 10 heteroatoms. The summed E-state index contributed by atoms with van der Waals surface area (Å²) in [6, 6.07) is 9.41. The molecule has 2 aliphatic rings. The van der Waals surface area contributed by atoms with Crippen molar-refractivity contribution in [1.82, 2.24) is 4.90 Å². The maximum absolute atomic E-state index is 12.7. The van der Waals surface area contributed by atoms with Gasteiger partial charge in [0.1, 0.15) is 5.75 Å². The van der Waals surface area contributed by atoms with E-state index in [0.29, 0.717) is 23.7 Å². The Morgan fingerprint density at radius 2 is 2.07 bits per heavy atom. The van der Waals surface area contributed by atoms with Gasteiger partial charge in [-0.05, 0) is 23.8 Å². The number of rotatable bonds is 6. The van der Waals surface area contributed by atoms with Crippen molar-refractivity contribution in [3.63, 3.8) is 0 Å². The molecular weight excluding hydrogens is 394 g/mol. The minimum atomic E-state index is -0.544. The third-order valence-corrected chi connectivity index (χ3v) is 5.05. The molecule has 2 aliphatic heterocycles. The number of likely N-dealkylation sites (tertiary alicyclic amines) is 1. The summed E-state index contributed by atoms with van der Waals surface area (Å²) < 4.78 is 15.8. The molecule has 10 nitrogen and oxygen atoms in total. The molecule has 1 fully saturated rings. The molecule has 2 amide bonds. The van der Waals surface area contributed by atoms with E-state index in [-0.39, 0.29) is 43.0 Å². The van der Waals surface area contributed by atoms with Crippen LogP contribution in [0.25, 0.3) is 0 Å². The number of fused-ring (bicyclic) bond motifs is 1. The highest BCUT2D eigenvalue weighted by atomic mass is 16.7. The Kier molecular flexibility index (Phi) is 5.13. The summed E-state index contributed by atoms with van der Waals surface area (Å²) in [6.07, 6.45) is 0.0890. The second-order valence-electron chi connectivity index (χ2n) is 6.99. The van der Waals surface area contributed by atoms with Crippen LogP contribution in [0.3, 0.4) is 0 Å². The normalized spacial score (nSPS) is 17.2. The number of anilines is 1. The van der Waals surface area contributed by atoms with E-state index >= 15 is 0 Å². The average Bonchev–Trinajstić information content (AvgIpc) is 3.34. The zero-order chi connectivity index (χ0) is 21.3. The molecule has 2 aromatic rings. The Labute approximate surface area is 171 Å². The van der Waals surface area contributed by atoms with Gasteiger partial charge in [-0.25, -0.2) is 0 Å². The second-order valence-corrected chi connectivity index (χ2v) is 6.99. The van der Waals surface area contributed by atoms with Crippen molar-refractivity contribution in [2.45, 2.75) is 13.0 Å². The molecule has 2 heterocycles. The van der Waals surface area contributed by atoms with E-state index in [4.69, 9.17) is 14.2 Å². The van der Waals surface area contributed by atoms with Crippen LogP contribution in [0, 0.1) is 16.0 Å². The van der Waals surface area contributed by atoms with Gasteiger partial charge in [-0.3, -0.25) is 19.7 Å². The van der Waals surface area contributed by atoms with Gasteiger partial charge in [-0.15, -0.1) is 0 Å². The van der Waals surface area contributed by atoms with Crippen LogP contribution in [-0.2, 0) is 16.1 Å². The van der Waals surface area contributed by atoms with Crippen molar-refractivity contribution in [2.24, 2.45) is 5.92 Å². The highest BCUT2D eigenvalue weighted by molar-refractivity contribution is 5.98. The lowest BCUT2D eigenvalue weighted by Crippen LogP contribution is -2.28. The number of nitro benzene ring substituents is 1. The molecule has 4 rings (SSSR count). The number of amides is 2. The lowest BCUT2D eigenvalue weighted by Gasteiger charge is -2.17. The zero-order valence-electron chi connectivity index (χ0n) is 16.1. The molecule has 0 spiro atoms. The van der Waals surface area contributed by atoms with Crippen LogP contribution in [-0.4, -0.2) is 42.1 Å². The Morgan fingerprint density at radius 1 is 1.27 bits per heavy atom. The molecular formula is C20H19N3O7. The van der Waals surface area contributed by atoms with Gasteiger partial charge in [0.2, 0.25) is 18.6 Å². The Balaban J connectivity index is 1.41. The van der Waals surface area contributed by atoms with Crippen LogP contribution in [0.5, 0.6) is 17.2 Å². The van der Waals surface area contributed by atoms with E-state index in [2.05, 4.69) is 5.32 Å². The fourth-order valence-electron chi connectivity index (χ4n) is 3.49. The van der Waals surface area contributed by atoms with Crippen LogP contribution >= 0.6 is 0 Å². The van der Waals surface area contributed by atoms with E-state index in [0.717, 1.165) is 5.56 Å². The molecule has 0 aliphatic carbocycles. The third-order valence-electron chi connectivity index (χ3n) is 5.05. The van der Waals surface area contributed by atoms with Gasteiger partial charge >= 0.3 is 0 Å². The van der Waals surface area contributed by atoms with Crippen LogP contribution < -0.4 is 19.5 Å². The highest BCUT2D eigenvalue weighted by Crippen LogP contribution is 2.34. The van der Waals surface area contributed by atoms with Gasteiger partial charge in [0.05, 0.1) is 29.7 Å². The van der Waals surface area contributed by atoms with Crippen LogP contribution in [0.4, 0.5) is 11.4 Å². The Hall–Kier alpha value is -3.82. The van der Waals surface area contributed by atoms with Gasteiger partial charge < -0.3 is 24.4 Å². The minimum absolute atomic E-state index is 0.0890. The first kappa shape index (κ1) is 19.5. The fraction of sp³-hybridized carbons (Fsp3) is 0.300. The molecule has 1 N–H and O–H groups in total. The predicted molar refractivity (Wildman–Crippen MR) is 104 cm³/mol. The lowest BCUT2D eigenvalue weighted by molar-refractivity contribution is -0.384. The monoisotopic (exact) mass is 413 g/mol. The Morgan fingerprint density at radius 3 is 2.83 bits per heavy atom. The lowest BCUT2D eigenvalue weighted by atomic mass is 10.1. The first-order valence-corrected chi connectivity index (χ1v) is 9.24. The molecule has 0 radical (unpaired) electrons. The molecule has 0 bridgehead atoms. The summed E-state index contributed by atoms with van der Waals surface area (Å²) in [6.45, 7) is 0.810. The molecule has 1 atom stereocenters. The maximum atomic E-state index is 12.7. The fourth-order valence-corrected chi connectivity index (χ4v) is 3.49. The number of hydrogen-bond acceptors (Lipinski definition) is 7. The topological polar surface area (TPSA) is 120 Å². The van der Waals surface area contributed by atoms with Gasteiger partial charge in [0, 0.05) is 25.6 Å². The summed E-state index contributed by atoms with van der Waals surface area (Å²) in [5.74, 6) is 0.483. The zero-order valence-corrected chi connectivity index (χ0v) is 16.1. The number of carbonyl (C=O) groups excluding carboxylic acids is 2. The number of hydrogen-bond donors (Lipinski definition) is 1. The van der Waals surface area contributed by atoms with E-state index in [1.54, 1.807) is 11.0 Å². The minimum Gasteiger partial charge on any atom is -0.494 e. The van der Waals surface area contributed by atoms with Crippen LogP contribution in [0.15, 0.2) is 36.4 Å². The van der Waals surface area contributed by atoms with Gasteiger partial charge in [0.25, 0.3) is 5.69 Å². The van der Waals surface area contributed by atoms with Crippen molar-refractivity contribution in [2.75, 3.05) is 25.8 Å². The smallest absolute Gasteiger partial charge is 0.273 e. The summed E-state index contributed by atoms with van der Waals surface area (Å²) >= 11 is 0. The molecule has 0 aromatic heterocycles.